The summed E-state index contributed by atoms with van der Waals surface area (Å²) in [4.78, 5) is 8.29. The van der Waals surface area contributed by atoms with Crippen LogP contribution >= 0.6 is 0 Å². The number of rotatable bonds is 3. The Kier molecular flexibility index (Phi) is 3.84. The van der Waals surface area contributed by atoms with Gasteiger partial charge >= 0.3 is 0 Å². The Bertz CT molecular complexity index is 944. The predicted molar refractivity (Wildman–Crippen MR) is 91.2 cm³/mol. The number of nitriles is 1. The van der Waals surface area contributed by atoms with E-state index in [1.54, 1.807) is 24.3 Å². The van der Waals surface area contributed by atoms with Crippen LogP contribution in [0.1, 0.15) is 36.3 Å². The summed E-state index contributed by atoms with van der Waals surface area (Å²) in [7, 11) is 0. The fraction of sp³-hybridized carbons (Fsp3) is 0.278. The van der Waals surface area contributed by atoms with Gasteiger partial charge in [-0.25, -0.2) is 9.97 Å². The van der Waals surface area contributed by atoms with Crippen molar-refractivity contribution in [1.29, 1.82) is 5.26 Å². The van der Waals surface area contributed by atoms with Crippen LogP contribution in [0.2, 0.25) is 0 Å². The van der Waals surface area contributed by atoms with Gasteiger partial charge in [0, 0.05) is 6.20 Å². The highest BCUT2D eigenvalue weighted by atomic mass is 16.5. The Labute approximate surface area is 144 Å². The van der Waals surface area contributed by atoms with Gasteiger partial charge in [-0.3, -0.25) is 0 Å². The van der Waals surface area contributed by atoms with Crippen molar-refractivity contribution in [2.45, 2.75) is 31.3 Å². The SMILES string of the molecule is N#Cc1ccc(C(O)C2CCC(n3ccc4c(N)ncnc43)O2)cc1. The zero-order valence-electron chi connectivity index (χ0n) is 13.4. The van der Waals surface area contributed by atoms with Gasteiger partial charge in [0.15, 0.2) is 0 Å². The summed E-state index contributed by atoms with van der Waals surface area (Å²) >= 11 is 0. The van der Waals surface area contributed by atoms with E-state index in [1.807, 2.05) is 16.8 Å². The quantitative estimate of drug-likeness (QED) is 0.760. The third kappa shape index (κ3) is 2.71. The van der Waals surface area contributed by atoms with Gasteiger partial charge in [-0.05, 0) is 36.6 Å². The van der Waals surface area contributed by atoms with E-state index >= 15 is 0 Å². The van der Waals surface area contributed by atoms with Crippen LogP contribution in [0, 0.1) is 11.3 Å². The molecule has 7 nitrogen and oxygen atoms in total. The van der Waals surface area contributed by atoms with E-state index < -0.39 is 6.10 Å². The van der Waals surface area contributed by atoms with Crippen LogP contribution in [0.5, 0.6) is 0 Å². The summed E-state index contributed by atoms with van der Waals surface area (Å²) in [5.74, 6) is 0.441. The minimum Gasteiger partial charge on any atom is -0.386 e. The summed E-state index contributed by atoms with van der Waals surface area (Å²) in [5, 5.41) is 20.3. The molecule has 0 saturated carbocycles. The molecule has 0 aliphatic carbocycles. The molecule has 0 bridgehead atoms. The first-order valence-electron chi connectivity index (χ1n) is 8.08. The molecule has 1 aromatic carbocycles. The van der Waals surface area contributed by atoms with Crippen LogP contribution in [-0.4, -0.2) is 25.7 Å². The number of nitrogens with zero attached hydrogens (tertiary/aromatic N) is 4. The van der Waals surface area contributed by atoms with Crippen molar-refractivity contribution >= 4 is 16.9 Å². The van der Waals surface area contributed by atoms with Gasteiger partial charge in [0.25, 0.3) is 0 Å². The summed E-state index contributed by atoms with van der Waals surface area (Å²) < 4.78 is 8.00. The van der Waals surface area contributed by atoms with Crippen LogP contribution in [0.3, 0.4) is 0 Å². The number of ether oxygens (including phenoxy) is 1. The average Bonchev–Trinajstić information content (AvgIpc) is 3.28. The van der Waals surface area contributed by atoms with Crippen LogP contribution < -0.4 is 5.73 Å². The number of hydrogen-bond acceptors (Lipinski definition) is 6. The molecule has 1 aliphatic rings. The van der Waals surface area contributed by atoms with Crippen LogP contribution in [0.4, 0.5) is 5.82 Å². The summed E-state index contributed by atoms with van der Waals surface area (Å²) in [6, 6.07) is 10.9. The molecule has 0 spiro atoms. The van der Waals surface area contributed by atoms with Crippen molar-refractivity contribution in [3.8, 4) is 6.07 Å². The number of aromatic nitrogens is 3. The van der Waals surface area contributed by atoms with E-state index in [0.29, 0.717) is 11.4 Å². The maximum absolute atomic E-state index is 10.6. The third-order valence-electron chi connectivity index (χ3n) is 4.61. The molecule has 1 fully saturated rings. The number of nitrogens with two attached hydrogens (primary N) is 1. The lowest BCUT2D eigenvalue weighted by Crippen LogP contribution is -2.19. The number of benzene rings is 1. The van der Waals surface area contributed by atoms with E-state index in [9.17, 15) is 5.11 Å². The molecule has 1 saturated heterocycles. The molecule has 2 aromatic heterocycles. The van der Waals surface area contributed by atoms with E-state index in [2.05, 4.69) is 16.0 Å². The maximum Gasteiger partial charge on any atom is 0.147 e. The highest BCUT2D eigenvalue weighted by Crippen LogP contribution is 2.37. The topological polar surface area (TPSA) is 110 Å². The van der Waals surface area contributed by atoms with Crippen molar-refractivity contribution in [2.75, 3.05) is 5.73 Å². The number of hydrogen-bond donors (Lipinski definition) is 2. The minimum atomic E-state index is -0.737. The first-order chi connectivity index (χ1) is 12.2. The van der Waals surface area contributed by atoms with Crippen LogP contribution in [0.15, 0.2) is 42.9 Å². The Morgan fingerprint density at radius 1 is 1.24 bits per heavy atom. The molecule has 7 heteroatoms. The molecule has 25 heavy (non-hydrogen) atoms. The van der Waals surface area contributed by atoms with Gasteiger partial charge in [0.2, 0.25) is 0 Å². The molecule has 1 aliphatic heterocycles. The molecule has 3 aromatic rings. The summed E-state index contributed by atoms with van der Waals surface area (Å²) in [6.07, 6.45) is 3.57. The lowest BCUT2D eigenvalue weighted by Gasteiger charge is -2.20. The van der Waals surface area contributed by atoms with Crippen molar-refractivity contribution in [2.24, 2.45) is 0 Å². The molecule has 126 valence electrons. The third-order valence-corrected chi connectivity index (χ3v) is 4.61. The van der Waals surface area contributed by atoms with Gasteiger partial charge in [-0.1, -0.05) is 12.1 Å². The molecule has 3 unspecified atom stereocenters. The monoisotopic (exact) mass is 335 g/mol. The van der Waals surface area contributed by atoms with E-state index in [1.165, 1.54) is 6.33 Å². The first-order valence-corrected chi connectivity index (χ1v) is 8.08. The average molecular weight is 335 g/mol. The first kappa shape index (κ1) is 15.6. The van der Waals surface area contributed by atoms with Crippen LogP contribution in [0.25, 0.3) is 11.0 Å². The standard InChI is InChI=1S/C18H17N5O2/c19-9-11-1-3-12(4-2-11)16(24)14-5-6-15(25-14)23-8-7-13-17(20)21-10-22-18(13)23/h1-4,7-8,10,14-16,24H,5-6H2,(H2,20,21,22). The molecule has 3 atom stereocenters. The van der Waals surface area contributed by atoms with Gasteiger partial charge in [0.1, 0.15) is 30.1 Å². The van der Waals surface area contributed by atoms with Gasteiger partial charge < -0.3 is 20.1 Å². The second-order valence-electron chi connectivity index (χ2n) is 6.10. The summed E-state index contributed by atoms with van der Waals surface area (Å²) in [6.45, 7) is 0. The van der Waals surface area contributed by atoms with Crippen molar-refractivity contribution in [3.63, 3.8) is 0 Å². The largest absolute Gasteiger partial charge is 0.386 e. The highest BCUT2D eigenvalue weighted by molar-refractivity contribution is 5.86. The molecule has 3 N–H and O–H groups in total. The van der Waals surface area contributed by atoms with Gasteiger partial charge in [-0.2, -0.15) is 5.26 Å². The molecular formula is C18H17N5O2. The molecule has 4 rings (SSSR count). The smallest absolute Gasteiger partial charge is 0.147 e. The number of anilines is 1. The van der Waals surface area contributed by atoms with Gasteiger partial charge in [-0.15, -0.1) is 0 Å². The van der Waals surface area contributed by atoms with E-state index in [0.717, 1.165) is 29.4 Å². The second kappa shape index (κ2) is 6.16. The zero-order chi connectivity index (χ0) is 17.4. The predicted octanol–water partition coefficient (Wildman–Crippen LogP) is 2.30. The van der Waals surface area contributed by atoms with Crippen LogP contribution in [-0.2, 0) is 4.74 Å². The van der Waals surface area contributed by atoms with E-state index in [-0.39, 0.29) is 12.3 Å². The second-order valence-corrected chi connectivity index (χ2v) is 6.10. The maximum atomic E-state index is 10.6. The lowest BCUT2D eigenvalue weighted by molar-refractivity contribution is -0.0590. The number of aliphatic hydroxyl groups excluding tert-OH is 1. The van der Waals surface area contributed by atoms with E-state index in [4.69, 9.17) is 15.7 Å². The molecule has 0 radical (unpaired) electrons. The Balaban J connectivity index is 1.54. The zero-order valence-corrected chi connectivity index (χ0v) is 13.4. The number of aliphatic hydroxyl groups is 1. The normalized spacial score (nSPS) is 21.3. The van der Waals surface area contributed by atoms with Crippen molar-refractivity contribution < 1.29 is 9.84 Å². The number of nitrogen functional groups attached to an aromatic ring is 1. The molecular weight excluding hydrogens is 318 g/mol. The highest BCUT2D eigenvalue weighted by Gasteiger charge is 2.33. The van der Waals surface area contributed by atoms with Gasteiger partial charge in [0.05, 0.1) is 23.1 Å². The minimum absolute atomic E-state index is 0.204. The molecule has 0 amide bonds. The Hall–Kier alpha value is -2.95. The fourth-order valence-electron chi connectivity index (χ4n) is 3.27. The number of fused-ring (bicyclic) bond motifs is 1. The van der Waals surface area contributed by atoms with Crippen molar-refractivity contribution in [1.82, 2.24) is 14.5 Å². The Morgan fingerprint density at radius 3 is 2.80 bits per heavy atom. The van der Waals surface area contributed by atoms with Crippen molar-refractivity contribution in [3.05, 3.63) is 54.0 Å². The lowest BCUT2D eigenvalue weighted by atomic mass is 10.0. The summed E-state index contributed by atoms with van der Waals surface area (Å²) in [5.41, 5.74) is 7.91. The Morgan fingerprint density at radius 2 is 2.04 bits per heavy atom. The fourth-order valence-corrected chi connectivity index (χ4v) is 3.27. The molecule has 3 heterocycles.